The average Bonchev–Trinajstić information content (AvgIpc) is 2.64. The van der Waals surface area contributed by atoms with Gasteiger partial charge in [0.1, 0.15) is 6.54 Å². The summed E-state index contributed by atoms with van der Waals surface area (Å²) in [5, 5.41) is 5.04. The lowest BCUT2D eigenvalue weighted by Crippen LogP contribution is -2.40. The van der Waals surface area contributed by atoms with Gasteiger partial charge in [-0.2, -0.15) is 0 Å². The maximum atomic E-state index is 12.4. The number of hydrogen-bond donors (Lipinski definition) is 1. The molecule has 0 bridgehead atoms. The number of carbonyl (C=O) groups is 1. The van der Waals surface area contributed by atoms with Crippen molar-refractivity contribution in [1.82, 2.24) is 5.32 Å². The number of hydrogen-bond acceptors (Lipinski definition) is 3. The van der Waals surface area contributed by atoms with E-state index in [0.29, 0.717) is 12.2 Å². The van der Waals surface area contributed by atoms with E-state index in [4.69, 9.17) is 0 Å². The first kappa shape index (κ1) is 18.9. The molecule has 3 aromatic rings. The number of fused-ring (bicyclic) bond motifs is 1. The van der Waals surface area contributed by atoms with Crippen molar-refractivity contribution in [2.45, 2.75) is 13.5 Å². The Hall–Kier alpha value is -2.86. The molecule has 1 N–H and O–H groups in total. The van der Waals surface area contributed by atoms with Gasteiger partial charge in [0.25, 0.3) is 0 Å². The van der Waals surface area contributed by atoms with Gasteiger partial charge >= 0.3 is 0 Å². The van der Waals surface area contributed by atoms with Crippen LogP contribution in [0.5, 0.6) is 0 Å². The fraction of sp³-hybridized carbons (Fsp3) is 0.190. The molecular weight excluding hydrogens is 360 g/mol. The molecule has 6 heteroatoms. The number of anilines is 1. The molecule has 0 atom stereocenters. The molecule has 0 saturated heterocycles. The summed E-state index contributed by atoms with van der Waals surface area (Å²) in [5.74, 6) is -0.353. The summed E-state index contributed by atoms with van der Waals surface area (Å²) in [4.78, 5) is 12.4. The highest BCUT2D eigenvalue weighted by Gasteiger charge is 2.20. The van der Waals surface area contributed by atoms with Crippen LogP contribution in [0.3, 0.4) is 0 Å². The van der Waals surface area contributed by atoms with Gasteiger partial charge < -0.3 is 5.32 Å². The van der Waals surface area contributed by atoms with Gasteiger partial charge in [-0.25, -0.2) is 8.42 Å². The maximum Gasteiger partial charge on any atom is 0.241 e. The molecule has 27 heavy (non-hydrogen) atoms. The minimum absolute atomic E-state index is 0.254. The van der Waals surface area contributed by atoms with Crippen molar-refractivity contribution < 1.29 is 13.2 Å². The number of sulfonamides is 1. The molecule has 0 fully saturated rings. The van der Waals surface area contributed by atoms with Crippen molar-refractivity contribution >= 4 is 32.4 Å². The molecular formula is C21H22N2O3S. The topological polar surface area (TPSA) is 66.5 Å². The first-order valence-corrected chi connectivity index (χ1v) is 10.5. The maximum absolute atomic E-state index is 12.4. The van der Waals surface area contributed by atoms with Crippen molar-refractivity contribution in [1.29, 1.82) is 0 Å². The van der Waals surface area contributed by atoms with Crippen LogP contribution >= 0.6 is 0 Å². The second kappa shape index (κ2) is 7.80. The first-order valence-electron chi connectivity index (χ1n) is 8.62. The molecule has 0 aliphatic rings. The Balaban J connectivity index is 1.69. The van der Waals surface area contributed by atoms with E-state index >= 15 is 0 Å². The van der Waals surface area contributed by atoms with Crippen molar-refractivity contribution in [2.75, 3.05) is 17.1 Å². The van der Waals surface area contributed by atoms with Crippen LogP contribution in [0.2, 0.25) is 0 Å². The Bertz CT molecular complexity index is 1060. The fourth-order valence-corrected chi connectivity index (χ4v) is 3.70. The van der Waals surface area contributed by atoms with Gasteiger partial charge in [-0.05, 0) is 41.5 Å². The lowest BCUT2D eigenvalue weighted by Gasteiger charge is -2.22. The highest BCUT2D eigenvalue weighted by molar-refractivity contribution is 7.92. The van der Waals surface area contributed by atoms with Crippen LogP contribution in [-0.2, 0) is 21.4 Å². The number of nitrogens with one attached hydrogen (secondary N) is 1. The van der Waals surface area contributed by atoms with Gasteiger partial charge in [0.05, 0.1) is 11.9 Å². The molecule has 0 spiro atoms. The number of aryl methyl sites for hydroxylation is 1. The van der Waals surface area contributed by atoms with Gasteiger partial charge in [0.2, 0.25) is 15.9 Å². The molecule has 0 radical (unpaired) electrons. The van der Waals surface area contributed by atoms with Crippen LogP contribution in [0.4, 0.5) is 5.69 Å². The molecule has 3 rings (SSSR count). The van der Waals surface area contributed by atoms with Gasteiger partial charge in [-0.3, -0.25) is 9.10 Å². The molecule has 3 aromatic carbocycles. The van der Waals surface area contributed by atoms with Crippen molar-refractivity contribution in [3.05, 3.63) is 77.9 Å². The number of rotatable bonds is 6. The third-order valence-electron chi connectivity index (χ3n) is 4.31. The monoisotopic (exact) mass is 382 g/mol. The van der Waals surface area contributed by atoms with Crippen LogP contribution < -0.4 is 9.62 Å². The van der Waals surface area contributed by atoms with Gasteiger partial charge in [0, 0.05) is 6.54 Å². The summed E-state index contributed by atoms with van der Waals surface area (Å²) >= 11 is 0. The molecule has 0 aromatic heterocycles. The number of nitrogens with zero attached hydrogens (tertiary/aromatic N) is 1. The minimum atomic E-state index is -3.57. The predicted molar refractivity (Wildman–Crippen MR) is 109 cm³/mol. The Kier molecular flexibility index (Phi) is 5.46. The minimum Gasteiger partial charge on any atom is -0.350 e. The lowest BCUT2D eigenvalue weighted by molar-refractivity contribution is -0.119. The van der Waals surface area contributed by atoms with Crippen LogP contribution in [0, 0.1) is 6.92 Å². The van der Waals surface area contributed by atoms with Crippen LogP contribution in [-0.4, -0.2) is 27.1 Å². The van der Waals surface area contributed by atoms with E-state index in [1.165, 1.54) is 0 Å². The summed E-state index contributed by atoms with van der Waals surface area (Å²) < 4.78 is 25.4. The zero-order valence-electron chi connectivity index (χ0n) is 15.3. The summed E-state index contributed by atoms with van der Waals surface area (Å²) in [7, 11) is -3.57. The molecule has 1 amide bonds. The van der Waals surface area contributed by atoms with Gasteiger partial charge in [0.15, 0.2) is 0 Å². The Labute approximate surface area is 159 Å². The van der Waals surface area contributed by atoms with Gasteiger partial charge in [-0.1, -0.05) is 54.1 Å². The zero-order valence-corrected chi connectivity index (χ0v) is 16.2. The van der Waals surface area contributed by atoms with E-state index in [1.54, 1.807) is 12.1 Å². The molecule has 0 unspecified atom stereocenters. The van der Waals surface area contributed by atoms with Crippen LogP contribution in [0.25, 0.3) is 10.8 Å². The quantitative estimate of drug-likeness (QED) is 0.712. The molecule has 0 saturated carbocycles. The highest BCUT2D eigenvalue weighted by Crippen LogP contribution is 2.18. The summed E-state index contributed by atoms with van der Waals surface area (Å²) in [6.07, 6.45) is 1.10. The molecule has 0 aliphatic heterocycles. The average molecular weight is 382 g/mol. The number of benzene rings is 3. The number of amides is 1. The number of carbonyl (C=O) groups excluding carboxylic acids is 1. The first-order chi connectivity index (χ1) is 12.8. The lowest BCUT2D eigenvalue weighted by atomic mass is 10.1. The van der Waals surface area contributed by atoms with E-state index in [9.17, 15) is 13.2 Å². The van der Waals surface area contributed by atoms with Gasteiger partial charge in [-0.15, -0.1) is 0 Å². The molecule has 0 heterocycles. The second-order valence-corrected chi connectivity index (χ2v) is 8.47. The second-order valence-electron chi connectivity index (χ2n) is 6.56. The van der Waals surface area contributed by atoms with Crippen LogP contribution in [0.1, 0.15) is 11.1 Å². The van der Waals surface area contributed by atoms with E-state index in [-0.39, 0.29) is 12.5 Å². The fourth-order valence-electron chi connectivity index (χ4n) is 2.85. The van der Waals surface area contributed by atoms with Crippen LogP contribution in [0.15, 0.2) is 66.7 Å². The Morgan fingerprint density at radius 1 is 0.963 bits per heavy atom. The smallest absolute Gasteiger partial charge is 0.241 e. The Morgan fingerprint density at radius 3 is 2.30 bits per heavy atom. The summed E-state index contributed by atoms with van der Waals surface area (Å²) in [6, 6.07) is 21.0. The van der Waals surface area contributed by atoms with E-state index in [0.717, 1.165) is 32.5 Å². The van der Waals surface area contributed by atoms with Crippen molar-refractivity contribution in [3.8, 4) is 0 Å². The standard InChI is InChI=1S/C21H22N2O3S/c1-16-7-11-20(12-8-16)23(27(2,25)26)15-21(24)22-14-17-9-10-18-5-3-4-6-19(18)13-17/h3-13H,14-15H2,1-2H3,(H,22,24). The summed E-state index contributed by atoms with van der Waals surface area (Å²) in [6.45, 7) is 2.01. The normalized spacial score (nSPS) is 11.3. The molecule has 140 valence electrons. The van der Waals surface area contributed by atoms with E-state index < -0.39 is 10.0 Å². The SMILES string of the molecule is Cc1ccc(N(CC(=O)NCc2ccc3ccccc3c2)S(C)(=O)=O)cc1. The predicted octanol–water partition coefficient (Wildman–Crippen LogP) is 3.23. The molecule has 0 aliphatic carbocycles. The summed E-state index contributed by atoms with van der Waals surface area (Å²) in [5.41, 5.74) is 2.46. The van der Waals surface area contributed by atoms with E-state index in [2.05, 4.69) is 5.32 Å². The zero-order chi connectivity index (χ0) is 19.4. The van der Waals surface area contributed by atoms with E-state index in [1.807, 2.05) is 61.5 Å². The molecule has 5 nitrogen and oxygen atoms in total. The largest absolute Gasteiger partial charge is 0.350 e. The van der Waals surface area contributed by atoms with Crippen molar-refractivity contribution in [3.63, 3.8) is 0 Å². The van der Waals surface area contributed by atoms with Crippen molar-refractivity contribution in [2.24, 2.45) is 0 Å². The highest BCUT2D eigenvalue weighted by atomic mass is 32.2. The third-order valence-corrected chi connectivity index (χ3v) is 5.45. The third kappa shape index (κ3) is 4.86. The Morgan fingerprint density at radius 2 is 1.63 bits per heavy atom.